The first-order chi connectivity index (χ1) is 8.77. The molecular formula is C13H15N2O3+. The average molecular weight is 247 g/mol. The van der Waals surface area contributed by atoms with E-state index < -0.39 is 0 Å². The van der Waals surface area contributed by atoms with Gasteiger partial charge in [-0.2, -0.15) is 0 Å². The highest BCUT2D eigenvalue weighted by Crippen LogP contribution is 2.21. The van der Waals surface area contributed by atoms with E-state index in [1.165, 1.54) is 9.80 Å². The van der Waals surface area contributed by atoms with Crippen LogP contribution in [0, 0.1) is 0 Å². The van der Waals surface area contributed by atoms with E-state index in [0.717, 1.165) is 13.1 Å². The second kappa shape index (κ2) is 4.51. The number of carbonyl (C=O) groups is 2. The number of benzene rings is 1. The third kappa shape index (κ3) is 1.81. The van der Waals surface area contributed by atoms with Crippen LogP contribution in [-0.2, 0) is 4.74 Å². The smallest absolute Gasteiger partial charge is 0.265 e. The lowest BCUT2D eigenvalue weighted by Crippen LogP contribution is -3.15. The number of nitrogens with zero attached hydrogens (tertiary/aromatic N) is 1. The lowest BCUT2D eigenvalue weighted by Gasteiger charge is -2.26. The summed E-state index contributed by atoms with van der Waals surface area (Å²) in [7, 11) is 0. The van der Waals surface area contributed by atoms with Crippen molar-refractivity contribution in [2.75, 3.05) is 33.0 Å². The van der Waals surface area contributed by atoms with Gasteiger partial charge in [0.25, 0.3) is 11.8 Å². The number of nitrogens with one attached hydrogen (secondary N) is 1. The van der Waals surface area contributed by atoms with Crippen molar-refractivity contribution in [1.29, 1.82) is 0 Å². The fourth-order valence-corrected chi connectivity index (χ4v) is 2.42. The van der Waals surface area contributed by atoms with Crippen molar-refractivity contribution in [2.45, 2.75) is 0 Å². The molecule has 0 radical (unpaired) electrons. The van der Waals surface area contributed by atoms with Gasteiger partial charge in [0, 0.05) is 0 Å². The predicted molar refractivity (Wildman–Crippen MR) is 63.3 cm³/mol. The zero-order valence-corrected chi connectivity index (χ0v) is 10.0. The first-order valence-corrected chi connectivity index (χ1v) is 6.14. The summed E-state index contributed by atoms with van der Waals surface area (Å²) in [5.74, 6) is -0.343. The maximum atomic E-state index is 12.1. The Morgan fingerprint density at radius 2 is 1.61 bits per heavy atom. The fourth-order valence-electron chi connectivity index (χ4n) is 2.42. The molecule has 0 bridgehead atoms. The highest BCUT2D eigenvalue weighted by atomic mass is 16.5. The predicted octanol–water partition coefficient (Wildman–Crippen LogP) is -0.845. The SMILES string of the molecule is O=C1c2ccccc2C(=O)N1C[NH+]1CCOCC1. The molecule has 0 atom stereocenters. The van der Waals surface area contributed by atoms with Crippen molar-refractivity contribution in [1.82, 2.24) is 4.90 Å². The monoisotopic (exact) mass is 247 g/mol. The molecule has 18 heavy (non-hydrogen) atoms. The van der Waals surface area contributed by atoms with Gasteiger partial charge in [-0.15, -0.1) is 0 Å². The lowest BCUT2D eigenvalue weighted by molar-refractivity contribution is -0.915. The number of imide groups is 1. The van der Waals surface area contributed by atoms with Crippen molar-refractivity contribution in [3.63, 3.8) is 0 Å². The van der Waals surface area contributed by atoms with Crippen LogP contribution in [0.2, 0.25) is 0 Å². The van der Waals surface area contributed by atoms with E-state index in [-0.39, 0.29) is 11.8 Å². The summed E-state index contributed by atoms with van der Waals surface area (Å²) in [5.41, 5.74) is 1.05. The summed E-state index contributed by atoms with van der Waals surface area (Å²) < 4.78 is 5.27. The molecule has 1 aromatic carbocycles. The number of rotatable bonds is 2. The Morgan fingerprint density at radius 1 is 1.06 bits per heavy atom. The van der Waals surface area contributed by atoms with E-state index in [0.29, 0.717) is 31.0 Å². The fraction of sp³-hybridized carbons (Fsp3) is 0.385. The Bertz CT molecular complexity index is 460. The van der Waals surface area contributed by atoms with Crippen molar-refractivity contribution < 1.29 is 19.2 Å². The maximum Gasteiger partial charge on any atom is 0.265 e. The highest BCUT2D eigenvalue weighted by molar-refractivity contribution is 6.21. The summed E-state index contributed by atoms with van der Waals surface area (Å²) in [6.07, 6.45) is 0. The Kier molecular flexibility index (Phi) is 2.85. The molecule has 0 aromatic heterocycles. The summed E-state index contributed by atoms with van der Waals surface area (Å²) in [4.78, 5) is 26.9. The Hall–Kier alpha value is -1.72. The van der Waals surface area contributed by atoms with Gasteiger partial charge in [-0.3, -0.25) is 9.59 Å². The van der Waals surface area contributed by atoms with Crippen LogP contribution in [-0.4, -0.2) is 49.7 Å². The van der Waals surface area contributed by atoms with E-state index >= 15 is 0 Å². The van der Waals surface area contributed by atoms with Gasteiger partial charge in [0.15, 0.2) is 6.67 Å². The van der Waals surface area contributed by atoms with Gasteiger partial charge in [0.1, 0.15) is 13.1 Å². The van der Waals surface area contributed by atoms with Gasteiger partial charge in [0.05, 0.1) is 24.3 Å². The number of ether oxygens (including phenoxy) is 1. The zero-order chi connectivity index (χ0) is 12.5. The standard InChI is InChI=1S/C13H14N2O3/c16-12-10-3-1-2-4-11(10)13(17)15(12)9-14-5-7-18-8-6-14/h1-4H,5-9H2/p+1. The van der Waals surface area contributed by atoms with Crippen LogP contribution < -0.4 is 4.90 Å². The minimum absolute atomic E-state index is 0.172. The molecule has 0 saturated carbocycles. The molecule has 0 aliphatic carbocycles. The van der Waals surface area contributed by atoms with E-state index in [2.05, 4.69) is 0 Å². The third-order valence-corrected chi connectivity index (χ3v) is 3.46. The molecule has 2 heterocycles. The molecular weight excluding hydrogens is 232 g/mol. The molecule has 2 aliphatic heterocycles. The van der Waals surface area contributed by atoms with E-state index in [9.17, 15) is 9.59 Å². The number of morpholine rings is 1. The quantitative estimate of drug-likeness (QED) is 0.693. The number of amides is 2. The lowest BCUT2D eigenvalue weighted by atomic mass is 10.1. The van der Waals surface area contributed by atoms with E-state index in [4.69, 9.17) is 4.74 Å². The Balaban J connectivity index is 1.79. The molecule has 1 fully saturated rings. The first kappa shape index (κ1) is 11.4. The molecule has 1 saturated heterocycles. The minimum Gasteiger partial charge on any atom is -0.370 e. The topological polar surface area (TPSA) is 51.0 Å². The van der Waals surface area contributed by atoms with E-state index in [1.54, 1.807) is 24.3 Å². The van der Waals surface area contributed by atoms with Gasteiger partial charge in [-0.1, -0.05) is 12.1 Å². The Morgan fingerprint density at radius 3 is 2.17 bits per heavy atom. The second-order valence-corrected chi connectivity index (χ2v) is 4.60. The normalized spacial score (nSPS) is 20.3. The molecule has 3 rings (SSSR count). The largest absolute Gasteiger partial charge is 0.370 e. The van der Waals surface area contributed by atoms with Gasteiger partial charge in [-0.05, 0) is 12.1 Å². The maximum absolute atomic E-state index is 12.1. The van der Waals surface area contributed by atoms with Crippen LogP contribution in [0.1, 0.15) is 20.7 Å². The Labute approximate surface area is 105 Å². The number of hydrogen-bond acceptors (Lipinski definition) is 3. The van der Waals surface area contributed by atoms with Crippen LogP contribution in [0.25, 0.3) is 0 Å². The van der Waals surface area contributed by atoms with Crippen LogP contribution in [0.4, 0.5) is 0 Å². The molecule has 0 spiro atoms. The molecule has 5 nitrogen and oxygen atoms in total. The van der Waals surface area contributed by atoms with Gasteiger partial charge >= 0.3 is 0 Å². The van der Waals surface area contributed by atoms with Crippen molar-refractivity contribution in [2.24, 2.45) is 0 Å². The first-order valence-electron chi connectivity index (χ1n) is 6.14. The molecule has 1 N–H and O–H groups in total. The van der Waals surface area contributed by atoms with Gasteiger partial charge in [-0.25, -0.2) is 4.90 Å². The summed E-state index contributed by atoms with van der Waals surface area (Å²) in [6, 6.07) is 7.00. The number of quaternary nitrogens is 1. The molecule has 0 unspecified atom stereocenters. The van der Waals surface area contributed by atoms with Crippen molar-refractivity contribution in [3.05, 3.63) is 35.4 Å². The average Bonchev–Trinajstić information content (AvgIpc) is 2.66. The molecule has 94 valence electrons. The van der Waals surface area contributed by atoms with Crippen LogP contribution in [0.5, 0.6) is 0 Å². The van der Waals surface area contributed by atoms with Crippen molar-refractivity contribution >= 4 is 11.8 Å². The van der Waals surface area contributed by atoms with Gasteiger partial charge in [0.2, 0.25) is 0 Å². The highest BCUT2D eigenvalue weighted by Gasteiger charge is 2.37. The summed E-state index contributed by atoms with van der Waals surface area (Å²) in [6.45, 7) is 3.51. The van der Waals surface area contributed by atoms with Crippen molar-refractivity contribution in [3.8, 4) is 0 Å². The second-order valence-electron chi connectivity index (χ2n) is 4.60. The minimum atomic E-state index is -0.172. The number of carbonyl (C=O) groups excluding carboxylic acids is 2. The zero-order valence-electron chi connectivity index (χ0n) is 10.0. The van der Waals surface area contributed by atoms with E-state index in [1.807, 2.05) is 0 Å². The molecule has 5 heteroatoms. The number of hydrogen-bond donors (Lipinski definition) is 1. The third-order valence-electron chi connectivity index (χ3n) is 3.46. The summed E-state index contributed by atoms with van der Waals surface area (Å²) >= 11 is 0. The van der Waals surface area contributed by atoms with Crippen LogP contribution in [0.15, 0.2) is 24.3 Å². The van der Waals surface area contributed by atoms with Gasteiger partial charge < -0.3 is 9.64 Å². The molecule has 2 amide bonds. The summed E-state index contributed by atoms with van der Waals surface area (Å²) in [5, 5.41) is 0. The van der Waals surface area contributed by atoms with Crippen LogP contribution >= 0.6 is 0 Å². The molecule has 2 aliphatic rings. The van der Waals surface area contributed by atoms with Crippen LogP contribution in [0.3, 0.4) is 0 Å². The molecule has 1 aromatic rings. The number of fused-ring (bicyclic) bond motifs is 1.